The first-order valence-electron chi connectivity index (χ1n) is 6.85. The van der Waals surface area contributed by atoms with E-state index in [0.717, 1.165) is 4.47 Å². The number of nitro benzene ring substituents is 1. The molecule has 0 saturated heterocycles. The highest BCUT2D eigenvalue weighted by atomic mass is 79.9. The molecule has 0 bridgehead atoms. The van der Waals surface area contributed by atoms with Crippen LogP contribution in [0.25, 0.3) is 0 Å². The number of halogens is 1. The van der Waals surface area contributed by atoms with E-state index < -0.39 is 23.4 Å². The van der Waals surface area contributed by atoms with Crippen LogP contribution in [0.4, 0.5) is 11.4 Å². The Bertz CT molecular complexity index is 790. The molecule has 0 radical (unpaired) electrons. The normalized spacial score (nSPS) is 10.1. The number of amides is 1. The van der Waals surface area contributed by atoms with Crippen LogP contribution in [0, 0.1) is 17.0 Å². The van der Waals surface area contributed by atoms with Gasteiger partial charge in [0.2, 0.25) is 0 Å². The first-order valence-corrected chi connectivity index (χ1v) is 7.64. The number of esters is 1. The Morgan fingerprint density at radius 2 is 1.88 bits per heavy atom. The van der Waals surface area contributed by atoms with Crippen LogP contribution in [0.15, 0.2) is 46.9 Å². The smallest absolute Gasteiger partial charge is 0.339 e. The van der Waals surface area contributed by atoms with Gasteiger partial charge in [0, 0.05) is 21.8 Å². The number of hydrogen-bond donors (Lipinski definition) is 1. The summed E-state index contributed by atoms with van der Waals surface area (Å²) in [6, 6.07) is 11.0. The molecule has 0 spiro atoms. The SMILES string of the molecule is Cc1c(C(=O)OCC(=O)Nc2ccc(Br)cc2)cccc1[N+](=O)[O-]. The first kappa shape index (κ1) is 17.6. The second kappa shape index (κ2) is 7.69. The molecule has 0 aliphatic heterocycles. The van der Waals surface area contributed by atoms with Crippen LogP contribution < -0.4 is 5.32 Å². The fraction of sp³-hybridized carbons (Fsp3) is 0.125. The first-order chi connectivity index (χ1) is 11.4. The Morgan fingerprint density at radius 3 is 2.50 bits per heavy atom. The van der Waals surface area contributed by atoms with Crippen LogP contribution in [0.1, 0.15) is 15.9 Å². The molecule has 8 heteroatoms. The van der Waals surface area contributed by atoms with Crippen LogP contribution in [0.5, 0.6) is 0 Å². The van der Waals surface area contributed by atoms with E-state index in [1.165, 1.54) is 25.1 Å². The fourth-order valence-electron chi connectivity index (χ4n) is 1.98. The van der Waals surface area contributed by atoms with E-state index in [9.17, 15) is 19.7 Å². The molecule has 1 N–H and O–H groups in total. The Labute approximate surface area is 145 Å². The summed E-state index contributed by atoms with van der Waals surface area (Å²) in [5, 5.41) is 13.5. The van der Waals surface area contributed by atoms with Gasteiger partial charge in [0.15, 0.2) is 6.61 Å². The summed E-state index contributed by atoms with van der Waals surface area (Å²) >= 11 is 3.28. The third-order valence-electron chi connectivity index (χ3n) is 3.18. The maximum Gasteiger partial charge on any atom is 0.339 e. The van der Waals surface area contributed by atoms with Crippen LogP contribution in [-0.4, -0.2) is 23.4 Å². The van der Waals surface area contributed by atoms with Crippen molar-refractivity contribution in [2.24, 2.45) is 0 Å². The molecule has 0 fully saturated rings. The number of carbonyl (C=O) groups excluding carboxylic acids is 2. The van der Waals surface area contributed by atoms with Crippen LogP contribution in [-0.2, 0) is 9.53 Å². The second-order valence-electron chi connectivity index (χ2n) is 4.84. The van der Waals surface area contributed by atoms with Crippen molar-refractivity contribution in [1.29, 1.82) is 0 Å². The summed E-state index contributed by atoms with van der Waals surface area (Å²) in [6.45, 7) is 0.966. The van der Waals surface area contributed by atoms with Gasteiger partial charge in [-0.1, -0.05) is 22.0 Å². The topological polar surface area (TPSA) is 98.5 Å². The van der Waals surface area contributed by atoms with Gasteiger partial charge < -0.3 is 10.1 Å². The average molecular weight is 393 g/mol. The van der Waals surface area contributed by atoms with Crippen LogP contribution in [0.3, 0.4) is 0 Å². The highest BCUT2D eigenvalue weighted by molar-refractivity contribution is 9.10. The fourth-order valence-corrected chi connectivity index (χ4v) is 2.25. The van der Waals surface area contributed by atoms with Gasteiger partial charge in [0.05, 0.1) is 10.5 Å². The van der Waals surface area contributed by atoms with E-state index in [2.05, 4.69) is 21.2 Å². The van der Waals surface area contributed by atoms with E-state index in [-0.39, 0.29) is 16.8 Å². The monoisotopic (exact) mass is 392 g/mol. The number of carbonyl (C=O) groups is 2. The third-order valence-corrected chi connectivity index (χ3v) is 3.71. The summed E-state index contributed by atoms with van der Waals surface area (Å²) in [4.78, 5) is 34.1. The number of anilines is 1. The number of nitrogens with one attached hydrogen (secondary N) is 1. The minimum absolute atomic E-state index is 0.0561. The van der Waals surface area contributed by atoms with Gasteiger partial charge in [0.1, 0.15) is 0 Å². The molecule has 2 aromatic carbocycles. The van der Waals surface area contributed by atoms with Crippen LogP contribution in [0.2, 0.25) is 0 Å². The molecule has 0 saturated carbocycles. The lowest BCUT2D eigenvalue weighted by atomic mass is 10.1. The molecule has 24 heavy (non-hydrogen) atoms. The maximum atomic E-state index is 12.0. The molecule has 7 nitrogen and oxygen atoms in total. The van der Waals surface area contributed by atoms with Crippen molar-refractivity contribution in [2.45, 2.75) is 6.92 Å². The van der Waals surface area contributed by atoms with Gasteiger partial charge >= 0.3 is 5.97 Å². The van der Waals surface area contributed by atoms with Gasteiger partial charge in [-0.05, 0) is 37.3 Å². The predicted octanol–water partition coefficient (Wildman–Crippen LogP) is 3.46. The molecule has 0 aliphatic rings. The summed E-state index contributed by atoms with van der Waals surface area (Å²) in [5.41, 5.74) is 0.635. The molecule has 0 unspecified atom stereocenters. The van der Waals surface area contributed by atoms with Crippen molar-refractivity contribution in [3.63, 3.8) is 0 Å². The van der Waals surface area contributed by atoms with Crippen molar-refractivity contribution in [3.8, 4) is 0 Å². The average Bonchev–Trinajstić information content (AvgIpc) is 2.54. The summed E-state index contributed by atoms with van der Waals surface area (Å²) < 4.78 is 5.79. The quantitative estimate of drug-likeness (QED) is 0.477. The van der Waals surface area contributed by atoms with E-state index in [1.54, 1.807) is 24.3 Å². The number of benzene rings is 2. The molecule has 1 amide bonds. The van der Waals surface area contributed by atoms with E-state index in [0.29, 0.717) is 5.69 Å². The van der Waals surface area contributed by atoms with Gasteiger partial charge in [-0.2, -0.15) is 0 Å². The number of ether oxygens (including phenoxy) is 1. The number of rotatable bonds is 5. The highest BCUT2D eigenvalue weighted by Crippen LogP contribution is 2.21. The molecule has 0 aromatic heterocycles. The number of hydrogen-bond acceptors (Lipinski definition) is 5. The third kappa shape index (κ3) is 4.39. The predicted molar refractivity (Wildman–Crippen MR) is 90.9 cm³/mol. The minimum atomic E-state index is -0.790. The van der Waals surface area contributed by atoms with Gasteiger partial charge in [-0.15, -0.1) is 0 Å². The molecule has 2 aromatic rings. The zero-order valence-electron chi connectivity index (χ0n) is 12.6. The lowest BCUT2D eigenvalue weighted by molar-refractivity contribution is -0.385. The van der Waals surface area contributed by atoms with Crippen molar-refractivity contribution < 1.29 is 19.2 Å². The van der Waals surface area contributed by atoms with E-state index >= 15 is 0 Å². The Morgan fingerprint density at radius 1 is 1.21 bits per heavy atom. The number of nitrogens with zero attached hydrogens (tertiary/aromatic N) is 1. The van der Waals surface area contributed by atoms with E-state index in [4.69, 9.17) is 4.74 Å². The zero-order chi connectivity index (χ0) is 17.7. The number of nitro groups is 1. The Balaban J connectivity index is 1.98. The van der Waals surface area contributed by atoms with Crippen molar-refractivity contribution in [3.05, 3.63) is 68.2 Å². The highest BCUT2D eigenvalue weighted by Gasteiger charge is 2.19. The summed E-state index contributed by atoms with van der Waals surface area (Å²) in [7, 11) is 0. The maximum absolute atomic E-state index is 12.0. The molecular weight excluding hydrogens is 380 g/mol. The minimum Gasteiger partial charge on any atom is -0.452 e. The van der Waals surface area contributed by atoms with Gasteiger partial charge in [0.25, 0.3) is 11.6 Å². The molecule has 124 valence electrons. The lowest BCUT2D eigenvalue weighted by Gasteiger charge is -2.08. The van der Waals surface area contributed by atoms with Crippen LogP contribution >= 0.6 is 15.9 Å². The van der Waals surface area contributed by atoms with Crippen molar-refractivity contribution in [2.75, 3.05) is 11.9 Å². The van der Waals surface area contributed by atoms with Gasteiger partial charge in [-0.25, -0.2) is 4.79 Å². The second-order valence-corrected chi connectivity index (χ2v) is 5.75. The zero-order valence-corrected chi connectivity index (χ0v) is 14.2. The summed E-state index contributed by atoms with van der Waals surface area (Å²) in [5.74, 6) is -1.30. The van der Waals surface area contributed by atoms with Gasteiger partial charge in [-0.3, -0.25) is 14.9 Å². The van der Waals surface area contributed by atoms with Crippen molar-refractivity contribution >= 4 is 39.2 Å². The Hall–Kier alpha value is -2.74. The molecule has 2 rings (SSSR count). The Kier molecular flexibility index (Phi) is 5.64. The molecule has 0 aliphatic carbocycles. The molecule has 0 atom stereocenters. The lowest BCUT2D eigenvalue weighted by Crippen LogP contribution is -2.21. The molecular formula is C16H13BrN2O5. The van der Waals surface area contributed by atoms with E-state index in [1.807, 2.05) is 0 Å². The largest absolute Gasteiger partial charge is 0.452 e. The summed E-state index contributed by atoms with van der Waals surface area (Å²) in [6.07, 6.45) is 0. The molecule has 0 heterocycles. The van der Waals surface area contributed by atoms with Crippen molar-refractivity contribution in [1.82, 2.24) is 0 Å². The standard InChI is InChI=1S/C16H13BrN2O5/c1-10-13(3-2-4-14(10)19(22)23)16(21)24-9-15(20)18-12-7-5-11(17)6-8-12/h2-8H,9H2,1H3,(H,18,20).